The second-order valence-corrected chi connectivity index (χ2v) is 12.8. The van der Waals surface area contributed by atoms with Gasteiger partial charge in [0, 0.05) is 51.3 Å². The van der Waals surface area contributed by atoms with Crippen LogP contribution in [0.3, 0.4) is 0 Å². The third-order valence-corrected chi connectivity index (χ3v) is 9.69. The molecule has 5 heterocycles. The van der Waals surface area contributed by atoms with E-state index in [1.54, 1.807) is 6.20 Å². The first kappa shape index (κ1) is 29.0. The van der Waals surface area contributed by atoms with Crippen molar-refractivity contribution in [3.05, 3.63) is 176 Å². The van der Waals surface area contributed by atoms with Gasteiger partial charge in [-0.2, -0.15) is 0 Å². The van der Waals surface area contributed by atoms with Crippen molar-refractivity contribution in [1.82, 2.24) is 24.3 Å². The zero-order chi connectivity index (χ0) is 33.7. The predicted molar refractivity (Wildman–Crippen MR) is 208 cm³/mol. The fraction of sp³-hybridized carbons (Fsp3) is 0. The van der Waals surface area contributed by atoms with E-state index in [9.17, 15) is 0 Å². The normalized spacial score (nSPS) is 11.5. The number of rotatable bonds is 5. The Morgan fingerprint density at radius 2 is 1.10 bits per heavy atom. The fourth-order valence-electron chi connectivity index (χ4n) is 7.07. The van der Waals surface area contributed by atoms with Crippen molar-refractivity contribution in [1.29, 1.82) is 0 Å². The van der Waals surface area contributed by atoms with Gasteiger partial charge in [0.2, 0.25) is 0 Å². The summed E-state index contributed by atoms with van der Waals surface area (Å²) in [7, 11) is 0. The van der Waals surface area contributed by atoms with E-state index in [1.165, 1.54) is 0 Å². The highest BCUT2D eigenvalue weighted by atomic mass is 15.0. The molecule has 51 heavy (non-hydrogen) atoms. The average molecular weight is 652 g/mol. The summed E-state index contributed by atoms with van der Waals surface area (Å²) < 4.78 is 2.13. The molecule has 0 aliphatic rings. The Hall–Kier alpha value is -6.98. The first-order valence-electron chi connectivity index (χ1n) is 17.0. The molecule has 0 spiro atoms. The number of hydrogen-bond donors (Lipinski definition) is 0. The molecule has 0 unspecified atom stereocenters. The molecule has 5 nitrogen and oxygen atoms in total. The summed E-state index contributed by atoms with van der Waals surface area (Å²) in [5.74, 6) is 0. The SMILES string of the molecule is c1ccc(-c2cn3ccc4c(-c5ccc(-c6ccc(-c7ccc8ccc(-c9ccccn9)nc8c7)cc6)cc5)nc5ccccc5c4c3n2)cc1. The number of fused-ring (bicyclic) bond motifs is 6. The molecule has 0 aliphatic carbocycles. The van der Waals surface area contributed by atoms with Crippen molar-refractivity contribution in [2.75, 3.05) is 0 Å². The maximum absolute atomic E-state index is 5.19. The Morgan fingerprint density at radius 1 is 0.412 bits per heavy atom. The van der Waals surface area contributed by atoms with Crippen molar-refractivity contribution in [2.24, 2.45) is 0 Å². The van der Waals surface area contributed by atoms with Gasteiger partial charge in [-0.05, 0) is 58.7 Å². The number of aromatic nitrogens is 5. The third kappa shape index (κ3) is 5.11. The van der Waals surface area contributed by atoms with Gasteiger partial charge in [0.05, 0.1) is 33.8 Å². The van der Waals surface area contributed by atoms with Crippen molar-refractivity contribution >= 4 is 38.2 Å². The lowest BCUT2D eigenvalue weighted by Gasteiger charge is -2.12. The molecule has 0 radical (unpaired) electrons. The minimum atomic E-state index is 0.873. The Kier molecular flexibility index (Phi) is 6.74. The van der Waals surface area contributed by atoms with Crippen LogP contribution in [0.4, 0.5) is 0 Å². The maximum atomic E-state index is 5.19. The van der Waals surface area contributed by atoms with E-state index in [-0.39, 0.29) is 0 Å². The number of nitrogens with zero attached hydrogens (tertiary/aromatic N) is 5. The Labute approximate surface area is 294 Å². The highest BCUT2D eigenvalue weighted by Crippen LogP contribution is 2.36. The van der Waals surface area contributed by atoms with E-state index in [2.05, 4.69) is 143 Å². The molecule has 0 amide bonds. The summed E-state index contributed by atoms with van der Waals surface area (Å²) in [4.78, 5) is 19.7. The molecule has 0 saturated heterocycles. The number of pyridine rings is 4. The van der Waals surface area contributed by atoms with Crippen LogP contribution in [0, 0.1) is 0 Å². The minimum absolute atomic E-state index is 0.873. The molecule has 238 valence electrons. The van der Waals surface area contributed by atoms with Crippen LogP contribution in [0.1, 0.15) is 0 Å². The monoisotopic (exact) mass is 651 g/mol. The summed E-state index contributed by atoms with van der Waals surface area (Å²) in [6.07, 6.45) is 6.00. The van der Waals surface area contributed by atoms with E-state index in [1.807, 2.05) is 36.4 Å². The molecule has 0 saturated carbocycles. The van der Waals surface area contributed by atoms with E-state index < -0.39 is 0 Å². The highest BCUT2D eigenvalue weighted by Gasteiger charge is 2.16. The molecule has 0 fully saturated rings. The Balaban J connectivity index is 0.991. The standard InChI is InChI=1S/C46H29N5/c1-2-8-33(9-3-1)43-29-51-27-25-38-44(46(51)50-43)37-10-4-5-11-39(37)49-45(38)35-20-17-31(18-21-35)30-13-15-32(16-14-30)36-22-19-34-23-24-41(48-42(34)28-36)40-12-6-7-26-47-40/h1-29H. The second-order valence-electron chi connectivity index (χ2n) is 12.8. The minimum Gasteiger partial charge on any atom is -0.306 e. The van der Waals surface area contributed by atoms with Crippen LogP contribution in [0.5, 0.6) is 0 Å². The molecule has 0 bridgehead atoms. The molecule has 0 atom stereocenters. The lowest BCUT2D eigenvalue weighted by molar-refractivity contribution is 1.20. The number of para-hydroxylation sites is 1. The van der Waals surface area contributed by atoms with Crippen LogP contribution < -0.4 is 0 Å². The van der Waals surface area contributed by atoms with Gasteiger partial charge in [-0.25, -0.2) is 15.0 Å². The molecule has 5 aromatic heterocycles. The number of benzene rings is 5. The zero-order valence-electron chi connectivity index (χ0n) is 27.5. The van der Waals surface area contributed by atoms with Gasteiger partial charge >= 0.3 is 0 Å². The van der Waals surface area contributed by atoms with Crippen LogP contribution in [0.15, 0.2) is 176 Å². The predicted octanol–water partition coefficient (Wildman–Crippen LogP) is 11.3. The Morgan fingerprint density at radius 3 is 1.88 bits per heavy atom. The number of hydrogen-bond acceptors (Lipinski definition) is 4. The molecular weight excluding hydrogens is 623 g/mol. The van der Waals surface area contributed by atoms with E-state index in [0.29, 0.717) is 0 Å². The second kappa shape index (κ2) is 11.9. The van der Waals surface area contributed by atoms with E-state index in [0.717, 1.165) is 94.4 Å². The van der Waals surface area contributed by atoms with Crippen LogP contribution in [-0.4, -0.2) is 24.3 Å². The van der Waals surface area contributed by atoms with Crippen LogP contribution in [-0.2, 0) is 0 Å². The summed E-state index contributed by atoms with van der Waals surface area (Å²) >= 11 is 0. The van der Waals surface area contributed by atoms with Crippen LogP contribution >= 0.6 is 0 Å². The maximum Gasteiger partial charge on any atom is 0.146 e. The third-order valence-electron chi connectivity index (χ3n) is 9.69. The zero-order valence-corrected chi connectivity index (χ0v) is 27.5. The van der Waals surface area contributed by atoms with Crippen molar-refractivity contribution in [3.63, 3.8) is 0 Å². The Bertz CT molecular complexity index is 2880. The van der Waals surface area contributed by atoms with Crippen molar-refractivity contribution in [2.45, 2.75) is 0 Å². The summed E-state index contributed by atoms with van der Waals surface area (Å²) in [5, 5.41) is 4.40. The highest BCUT2D eigenvalue weighted by molar-refractivity contribution is 6.16. The molecule has 10 rings (SSSR count). The summed E-state index contributed by atoms with van der Waals surface area (Å²) in [6, 6.07) is 54.8. The topological polar surface area (TPSA) is 56.0 Å². The van der Waals surface area contributed by atoms with Gasteiger partial charge in [0.25, 0.3) is 0 Å². The first-order chi connectivity index (χ1) is 25.2. The van der Waals surface area contributed by atoms with Gasteiger partial charge < -0.3 is 4.40 Å². The van der Waals surface area contributed by atoms with Crippen LogP contribution in [0.25, 0.3) is 94.4 Å². The molecule has 10 aromatic rings. The van der Waals surface area contributed by atoms with Crippen molar-refractivity contribution in [3.8, 4) is 56.2 Å². The van der Waals surface area contributed by atoms with E-state index in [4.69, 9.17) is 15.0 Å². The largest absolute Gasteiger partial charge is 0.306 e. The lowest BCUT2D eigenvalue weighted by atomic mass is 9.97. The molecule has 0 N–H and O–H groups in total. The fourth-order valence-corrected chi connectivity index (χ4v) is 7.07. The summed E-state index contributed by atoms with van der Waals surface area (Å²) in [6.45, 7) is 0. The van der Waals surface area contributed by atoms with Gasteiger partial charge in [-0.3, -0.25) is 4.98 Å². The smallest absolute Gasteiger partial charge is 0.146 e. The van der Waals surface area contributed by atoms with Gasteiger partial charge in [-0.15, -0.1) is 0 Å². The molecule has 5 heteroatoms. The van der Waals surface area contributed by atoms with Gasteiger partial charge in [-0.1, -0.05) is 121 Å². The lowest BCUT2D eigenvalue weighted by Crippen LogP contribution is -1.93. The molecule has 5 aromatic carbocycles. The summed E-state index contributed by atoms with van der Waals surface area (Å²) in [5.41, 5.74) is 13.2. The quantitative estimate of drug-likeness (QED) is 0.174. The average Bonchev–Trinajstić information content (AvgIpc) is 3.66. The van der Waals surface area contributed by atoms with Gasteiger partial charge in [0.1, 0.15) is 5.65 Å². The van der Waals surface area contributed by atoms with Crippen molar-refractivity contribution < 1.29 is 0 Å². The molecule has 0 aliphatic heterocycles. The molecular formula is C46H29N5. The first-order valence-corrected chi connectivity index (χ1v) is 17.0. The van der Waals surface area contributed by atoms with E-state index >= 15 is 0 Å². The number of imidazole rings is 1. The van der Waals surface area contributed by atoms with Crippen LogP contribution in [0.2, 0.25) is 0 Å². The van der Waals surface area contributed by atoms with Gasteiger partial charge in [0.15, 0.2) is 0 Å².